The molecular formula is C16H16ClFO. The van der Waals surface area contributed by atoms with Crippen LogP contribution in [0.25, 0.3) is 0 Å². The fourth-order valence-electron chi connectivity index (χ4n) is 2.18. The highest BCUT2D eigenvalue weighted by molar-refractivity contribution is 6.30. The molecule has 0 aliphatic carbocycles. The second kappa shape index (κ2) is 6.18. The molecular weight excluding hydrogens is 263 g/mol. The van der Waals surface area contributed by atoms with Gasteiger partial charge in [-0.15, -0.1) is 0 Å². The Hall–Kier alpha value is -1.38. The zero-order chi connectivity index (χ0) is 13.8. The van der Waals surface area contributed by atoms with Gasteiger partial charge < -0.3 is 5.11 Å². The topological polar surface area (TPSA) is 20.2 Å². The van der Waals surface area contributed by atoms with Gasteiger partial charge in [0.05, 0.1) is 11.1 Å². The summed E-state index contributed by atoms with van der Waals surface area (Å²) >= 11 is 5.75. The molecule has 3 heteroatoms. The summed E-state index contributed by atoms with van der Waals surface area (Å²) in [5.41, 5.74) is 2.87. The Balaban J connectivity index is 2.20. The molecule has 1 N–H and O–H groups in total. The van der Waals surface area contributed by atoms with Gasteiger partial charge in [0.15, 0.2) is 0 Å². The molecule has 2 aromatic rings. The highest BCUT2D eigenvalue weighted by atomic mass is 35.5. The molecule has 100 valence electrons. The molecule has 0 aliphatic heterocycles. The van der Waals surface area contributed by atoms with E-state index in [-0.39, 0.29) is 5.02 Å². The first-order valence-electron chi connectivity index (χ1n) is 6.31. The number of aryl methyl sites for hydroxylation is 1. The summed E-state index contributed by atoms with van der Waals surface area (Å²) in [6.45, 7) is 2.06. The van der Waals surface area contributed by atoms with E-state index in [0.717, 1.165) is 23.1 Å². The molecule has 0 amide bonds. The zero-order valence-electron chi connectivity index (χ0n) is 10.7. The Kier molecular flexibility index (Phi) is 4.56. The molecule has 1 unspecified atom stereocenters. The second-order valence-corrected chi connectivity index (χ2v) is 4.93. The minimum atomic E-state index is -0.599. The van der Waals surface area contributed by atoms with Gasteiger partial charge in [-0.2, -0.15) is 0 Å². The first kappa shape index (κ1) is 14.0. The molecule has 1 atom stereocenters. The molecule has 0 radical (unpaired) electrons. The first-order valence-corrected chi connectivity index (χ1v) is 6.69. The maximum atomic E-state index is 13.1. The number of hydrogen-bond acceptors (Lipinski definition) is 1. The molecule has 0 aromatic heterocycles. The summed E-state index contributed by atoms with van der Waals surface area (Å²) < 4.78 is 13.1. The Morgan fingerprint density at radius 2 is 1.95 bits per heavy atom. The second-order valence-electron chi connectivity index (χ2n) is 4.52. The summed E-state index contributed by atoms with van der Waals surface area (Å²) in [6, 6.07) is 12.4. The van der Waals surface area contributed by atoms with Crippen molar-refractivity contribution in [3.8, 4) is 0 Å². The van der Waals surface area contributed by atoms with Gasteiger partial charge >= 0.3 is 0 Å². The minimum Gasteiger partial charge on any atom is -0.388 e. The highest BCUT2D eigenvalue weighted by Crippen LogP contribution is 2.24. The van der Waals surface area contributed by atoms with E-state index in [1.54, 1.807) is 12.1 Å². The van der Waals surface area contributed by atoms with Crippen molar-refractivity contribution in [3.05, 3.63) is 70.0 Å². The predicted molar refractivity (Wildman–Crippen MR) is 75.9 cm³/mol. The standard InChI is InChI=1S/C16H16ClFO/c1-2-12-5-3-4-6-13(12)16(19)10-11-7-8-15(18)14(17)9-11/h3-9,16,19H,2,10H2,1H3. The maximum absolute atomic E-state index is 13.1. The van der Waals surface area contributed by atoms with Gasteiger partial charge in [0.25, 0.3) is 0 Å². The Bertz CT molecular complexity index is 568. The molecule has 19 heavy (non-hydrogen) atoms. The summed E-state index contributed by atoms with van der Waals surface area (Å²) in [7, 11) is 0. The van der Waals surface area contributed by atoms with Crippen LogP contribution in [0.4, 0.5) is 4.39 Å². The fraction of sp³-hybridized carbons (Fsp3) is 0.250. The van der Waals surface area contributed by atoms with Crippen LogP contribution in [0.5, 0.6) is 0 Å². The van der Waals surface area contributed by atoms with Crippen molar-refractivity contribution in [1.29, 1.82) is 0 Å². The minimum absolute atomic E-state index is 0.0912. The van der Waals surface area contributed by atoms with E-state index in [9.17, 15) is 9.50 Å². The predicted octanol–water partition coefficient (Wildman–Crippen LogP) is 4.32. The molecule has 0 heterocycles. The average Bonchev–Trinajstić information content (AvgIpc) is 2.43. The largest absolute Gasteiger partial charge is 0.388 e. The van der Waals surface area contributed by atoms with Crippen molar-refractivity contribution < 1.29 is 9.50 Å². The van der Waals surface area contributed by atoms with E-state index in [1.807, 2.05) is 24.3 Å². The van der Waals surface area contributed by atoms with Gasteiger partial charge in [0.1, 0.15) is 5.82 Å². The Labute approximate surface area is 117 Å². The summed E-state index contributed by atoms with van der Waals surface area (Å²) in [5.74, 6) is -0.436. The zero-order valence-corrected chi connectivity index (χ0v) is 11.5. The molecule has 0 bridgehead atoms. The van der Waals surface area contributed by atoms with Gasteiger partial charge in [-0.25, -0.2) is 4.39 Å². The van der Waals surface area contributed by atoms with Crippen LogP contribution in [-0.4, -0.2) is 5.11 Å². The van der Waals surface area contributed by atoms with Crippen LogP contribution in [0, 0.1) is 5.82 Å². The molecule has 2 aromatic carbocycles. The fourth-order valence-corrected chi connectivity index (χ4v) is 2.38. The van der Waals surface area contributed by atoms with Gasteiger partial charge in [0.2, 0.25) is 0 Å². The Morgan fingerprint density at radius 1 is 1.21 bits per heavy atom. The third kappa shape index (κ3) is 3.34. The third-order valence-electron chi connectivity index (χ3n) is 3.21. The number of aliphatic hydroxyl groups excluding tert-OH is 1. The van der Waals surface area contributed by atoms with Crippen LogP contribution < -0.4 is 0 Å². The van der Waals surface area contributed by atoms with Gasteiger partial charge in [0, 0.05) is 6.42 Å². The number of rotatable bonds is 4. The van der Waals surface area contributed by atoms with Crippen molar-refractivity contribution in [1.82, 2.24) is 0 Å². The van der Waals surface area contributed by atoms with Crippen LogP contribution in [0.1, 0.15) is 29.7 Å². The van der Waals surface area contributed by atoms with E-state index in [0.29, 0.717) is 6.42 Å². The first-order chi connectivity index (χ1) is 9.11. The molecule has 0 spiro atoms. The monoisotopic (exact) mass is 278 g/mol. The van der Waals surface area contributed by atoms with Crippen LogP contribution in [0.2, 0.25) is 5.02 Å². The summed E-state index contributed by atoms with van der Waals surface area (Å²) in [4.78, 5) is 0. The van der Waals surface area contributed by atoms with Crippen LogP contribution in [0.15, 0.2) is 42.5 Å². The Morgan fingerprint density at radius 3 is 2.63 bits per heavy atom. The van der Waals surface area contributed by atoms with E-state index in [1.165, 1.54) is 6.07 Å². The van der Waals surface area contributed by atoms with Crippen molar-refractivity contribution in [2.45, 2.75) is 25.9 Å². The van der Waals surface area contributed by atoms with Crippen molar-refractivity contribution in [2.24, 2.45) is 0 Å². The van der Waals surface area contributed by atoms with Crippen LogP contribution >= 0.6 is 11.6 Å². The number of halogens is 2. The lowest BCUT2D eigenvalue weighted by molar-refractivity contribution is 0.177. The smallest absolute Gasteiger partial charge is 0.141 e. The van der Waals surface area contributed by atoms with Gasteiger partial charge in [-0.1, -0.05) is 48.9 Å². The third-order valence-corrected chi connectivity index (χ3v) is 3.50. The quantitative estimate of drug-likeness (QED) is 0.883. The lowest BCUT2D eigenvalue weighted by atomic mass is 9.96. The molecule has 0 aliphatic rings. The lowest BCUT2D eigenvalue weighted by Crippen LogP contribution is -2.05. The highest BCUT2D eigenvalue weighted by Gasteiger charge is 2.12. The molecule has 0 saturated heterocycles. The summed E-state index contributed by atoms with van der Waals surface area (Å²) in [5, 5.41) is 10.4. The van der Waals surface area contributed by atoms with E-state index < -0.39 is 11.9 Å². The van der Waals surface area contributed by atoms with Crippen LogP contribution in [0.3, 0.4) is 0 Å². The molecule has 0 fully saturated rings. The average molecular weight is 279 g/mol. The van der Waals surface area contributed by atoms with E-state index >= 15 is 0 Å². The molecule has 0 saturated carbocycles. The van der Waals surface area contributed by atoms with Crippen molar-refractivity contribution >= 4 is 11.6 Å². The number of aliphatic hydroxyl groups is 1. The maximum Gasteiger partial charge on any atom is 0.141 e. The van der Waals surface area contributed by atoms with Crippen LogP contribution in [-0.2, 0) is 12.8 Å². The number of benzene rings is 2. The van der Waals surface area contributed by atoms with Gasteiger partial charge in [-0.3, -0.25) is 0 Å². The van der Waals surface area contributed by atoms with Crippen molar-refractivity contribution in [2.75, 3.05) is 0 Å². The molecule has 2 rings (SSSR count). The molecule has 1 nitrogen and oxygen atoms in total. The SMILES string of the molecule is CCc1ccccc1C(O)Cc1ccc(F)c(Cl)c1. The normalized spacial score (nSPS) is 12.4. The lowest BCUT2D eigenvalue weighted by Gasteiger charge is -2.15. The number of hydrogen-bond donors (Lipinski definition) is 1. The van der Waals surface area contributed by atoms with Gasteiger partial charge in [-0.05, 0) is 35.2 Å². The summed E-state index contributed by atoms with van der Waals surface area (Å²) in [6.07, 6.45) is 0.701. The van der Waals surface area contributed by atoms with Crippen molar-refractivity contribution in [3.63, 3.8) is 0 Å². The van der Waals surface area contributed by atoms with E-state index in [4.69, 9.17) is 11.6 Å². The van der Waals surface area contributed by atoms with E-state index in [2.05, 4.69) is 6.92 Å².